The van der Waals surface area contributed by atoms with Gasteiger partial charge in [-0.25, -0.2) is 9.97 Å². The maximum Gasteiger partial charge on any atom is 0.355 e. The molecule has 0 radical (unpaired) electrons. The molecular weight excluding hydrogens is 435 g/mol. The first-order chi connectivity index (χ1) is 14.4. The molecule has 154 valence electrons. The molecule has 0 unspecified atom stereocenters. The Balaban J connectivity index is 1.87. The molecule has 0 spiro atoms. The first-order valence-electron chi connectivity index (χ1n) is 8.31. The molecule has 30 heavy (non-hydrogen) atoms. The van der Waals surface area contributed by atoms with Crippen molar-refractivity contribution in [3.8, 4) is 5.75 Å². The Hall–Kier alpha value is -3.63. The molecule has 0 saturated carbocycles. The lowest BCUT2D eigenvalue weighted by Gasteiger charge is -2.13. The molecule has 0 fully saturated rings. The summed E-state index contributed by atoms with van der Waals surface area (Å²) in [6.45, 7) is 0. The number of methoxy groups -OCH3 is 1. The van der Waals surface area contributed by atoms with E-state index in [0.717, 1.165) is 6.33 Å². The number of amides is 1. The lowest BCUT2D eigenvalue weighted by molar-refractivity contribution is -0.383. The van der Waals surface area contributed by atoms with Gasteiger partial charge in [0.1, 0.15) is 12.1 Å². The number of hydrogen-bond acceptors (Lipinski definition) is 8. The van der Waals surface area contributed by atoms with Crippen molar-refractivity contribution < 1.29 is 14.5 Å². The fourth-order valence-corrected chi connectivity index (χ4v) is 2.82. The molecular formula is C18H14Cl2N6O4. The summed E-state index contributed by atoms with van der Waals surface area (Å²) in [6, 6.07) is 10.9. The van der Waals surface area contributed by atoms with Crippen molar-refractivity contribution in [1.29, 1.82) is 0 Å². The van der Waals surface area contributed by atoms with Crippen LogP contribution in [0.1, 0.15) is 10.4 Å². The normalized spacial score (nSPS) is 10.2. The molecule has 1 amide bonds. The predicted octanol–water partition coefficient (Wildman–Crippen LogP) is 4.20. The van der Waals surface area contributed by atoms with Crippen molar-refractivity contribution >= 4 is 52.1 Å². The van der Waals surface area contributed by atoms with Crippen LogP contribution in [0.15, 0.2) is 48.8 Å². The molecule has 1 heterocycles. The summed E-state index contributed by atoms with van der Waals surface area (Å²) < 4.78 is 5.22. The highest BCUT2D eigenvalue weighted by Gasteiger charge is 2.24. The van der Waals surface area contributed by atoms with Crippen molar-refractivity contribution in [2.24, 2.45) is 0 Å². The second-order valence-electron chi connectivity index (χ2n) is 5.74. The molecule has 0 aliphatic rings. The average Bonchev–Trinajstić information content (AvgIpc) is 2.72. The number of halogens is 2. The van der Waals surface area contributed by atoms with Gasteiger partial charge in [-0.1, -0.05) is 29.3 Å². The molecule has 3 rings (SSSR count). The van der Waals surface area contributed by atoms with Gasteiger partial charge in [0, 0.05) is 15.6 Å². The molecule has 0 aliphatic carbocycles. The third-order valence-corrected chi connectivity index (χ3v) is 4.27. The van der Waals surface area contributed by atoms with E-state index in [1.165, 1.54) is 25.3 Å². The predicted molar refractivity (Wildman–Crippen MR) is 113 cm³/mol. The van der Waals surface area contributed by atoms with E-state index >= 15 is 0 Å². The zero-order valence-electron chi connectivity index (χ0n) is 15.3. The SMILES string of the molecule is COc1ccc(Cl)cc1Nc1ncnc(NNC(=O)c2cccc(Cl)c2)c1[N+](=O)[O-]. The maximum absolute atomic E-state index is 12.3. The number of nitrogens with one attached hydrogen (secondary N) is 3. The van der Waals surface area contributed by atoms with Gasteiger partial charge in [-0.3, -0.25) is 25.8 Å². The van der Waals surface area contributed by atoms with Crippen LogP contribution < -0.4 is 20.9 Å². The van der Waals surface area contributed by atoms with Gasteiger partial charge in [0.2, 0.25) is 11.6 Å². The van der Waals surface area contributed by atoms with Crippen LogP contribution in [0.3, 0.4) is 0 Å². The van der Waals surface area contributed by atoms with Crippen LogP contribution in [0.4, 0.5) is 23.0 Å². The Morgan fingerprint density at radius 2 is 1.83 bits per heavy atom. The third-order valence-electron chi connectivity index (χ3n) is 3.80. The molecule has 10 nitrogen and oxygen atoms in total. The van der Waals surface area contributed by atoms with Crippen LogP contribution in [-0.2, 0) is 0 Å². The fourth-order valence-electron chi connectivity index (χ4n) is 2.46. The zero-order valence-corrected chi connectivity index (χ0v) is 16.9. The number of anilines is 3. The third kappa shape index (κ3) is 4.85. The number of hydrogen-bond donors (Lipinski definition) is 3. The van der Waals surface area contributed by atoms with Crippen LogP contribution in [0.5, 0.6) is 5.75 Å². The number of aromatic nitrogens is 2. The zero-order chi connectivity index (χ0) is 21.7. The van der Waals surface area contributed by atoms with Gasteiger partial charge in [-0.05, 0) is 36.4 Å². The monoisotopic (exact) mass is 448 g/mol. The van der Waals surface area contributed by atoms with Crippen LogP contribution in [0.2, 0.25) is 10.0 Å². The highest BCUT2D eigenvalue weighted by Crippen LogP contribution is 2.35. The highest BCUT2D eigenvalue weighted by molar-refractivity contribution is 6.31. The van der Waals surface area contributed by atoms with Gasteiger partial charge < -0.3 is 10.1 Å². The quantitative estimate of drug-likeness (QED) is 0.361. The van der Waals surface area contributed by atoms with Crippen LogP contribution in [0.25, 0.3) is 0 Å². The Morgan fingerprint density at radius 1 is 1.10 bits per heavy atom. The number of carbonyl (C=O) groups excluding carboxylic acids is 1. The Bertz CT molecular complexity index is 1110. The first-order valence-corrected chi connectivity index (χ1v) is 9.06. The minimum Gasteiger partial charge on any atom is -0.495 e. The van der Waals surface area contributed by atoms with Crippen molar-refractivity contribution in [3.05, 3.63) is 74.5 Å². The average molecular weight is 449 g/mol. The van der Waals surface area contributed by atoms with E-state index in [1.807, 2.05) is 0 Å². The summed E-state index contributed by atoms with van der Waals surface area (Å²) in [5.74, 6) is -0.517. The Labute approximate surface area is 180 Å². The van der Waals surface area contributed by atoms with E-state index in [9.17, 15) is 14.9 Å². The minimum atomic E-state index is -0.687. The molecule has 0 saturated heterocycles. The second-order valence-corrected chi connectivity index (χ2v) is 6.61. The number of nitrogens with zero attached hydrogens (tertiary/aromatic N) is 3. The lowest BCUT2D eigenvalue weighted by Crippen LogP contribution is -2.30. The van der Waals surface area contributed by atoms with Gasteiger partial charge in [0.25, 0.3) is 5.91 Å². The number of nitro groups is 1. The van der Waals surface area contributed by atoms with E-state index in [0.29, 0.717) is 21.5 Å². The van der Waals surface area contributed by atoms with E-state index in [1.54, 1.807) is 24.3 Å². The Kier molecular flexibility index (Phi) is 6.50. The van der Waals surface area contributed by atoms with Crippen molar-refractivity contribution in [1.82, 2.24) is 15.4 Å². The van der Waals surface area contributed by atoms with Gasteiger partial charge >= 0.3 is 5.69 Å². The minimum absolute atomic E-state index is 0.130. The number of ether oxygens (including phenoxy) is 1. The van der Waals surface area contributed by atoms with E-state index < -0.39 is 16.5 Å². The van der Waals surface area contributed by atoms with Crippen LogP contribution in [0, 0.1) is 10.1 Å². The number of benzene rings is 2. The highest BCUT2D eigenvalue weighted by atomic mass is 35.5. The van der Waals surface area contributed by atoms with E-state index in [4.69, 9.17) is 27.9 Å². The summed E-state index contributed by atoms with van der Waals surface area (Å²) in [7, 11) is 1.45. The van der Waals surface area contributed by atoms with Crippen LogP contribution in [-0.4, -0.2) is 27.9 Å². The summed E-state index contributed by atoms with van der Waals surface area (Å²) >= 11 is 11.9. The molecule has 0 atom stereocenters. The van der Waals surface area contributed by atoms with E-state index in [-0.39, 0.29) is 17.2 Å². The molecule has 3 N–H and O–H groups in total. The maximum atomic E-state index is 12.3. The Morgan fingerprint density at radius 3 is 2.53 bits per heavy atom. The summed E-state index contributed by atoms with van der Waals surface area (Å²) in [6.07, 6.45) is 1.10. The largest absolute Gasteiger partial charge is 0.495 e. The van der Waals surface area contributed by atoms with E-state index in [2.05, 4.69) is 26.1 Å². The standard InChI is InChI=1S/C18H14Cl2N6O4/c1-30-14-6-5-12(20)8-13(14)23-16-15(26(28)29)17(22-9-21-16)24-25-18(27)10-3-2-4-11(19)7-10/h2-9H,1H3,(H,25,27)(H2,21,22,23,24). The van der Waals surface area contributed by atoms with Gasteiger partial charge in [-0.2, -0.15) is 0 Å². The number of rotatable bonds is 7. The van der Waals surface area contributed by atoms with Crippen molar-refractivity contribution in [2.45, 2.75) is 0 Å². The molecule has 2 aromatic carbocycles. The van der Waals surface area contributed by atoms with Gasteiger partial charge in [-0.15, -0.1) is 0 Å². The van der Waals surface area contributed by atoms with Gasteiger partial charge in [0.15, 0.2) is 0 Å². The molecule has 12 heteroatoms. The van der Waals surface area contributed by atoms with Crippen molar-refractivity contribution in [2.75, 3.05) is 17.9 Å². The summed E-state index contributed by atoms with van der Waals surface area (Å²) in [5.41, 5.74) is 4.92. The van der Waals surface area contributed by atoms with Gasteiger partial charge in [0.05, 0.1) is 17.7 Å². The molecule has 0 aliphatic heterocycles. The number of carbonyl (C=O) groups is 1. The lowest BCUT2D eigenvalue weighted by atomic mass is 10.2. The topological polar surface area (TPSA) is 131 Å². The second kappa shape index (κ2) is 9.25. The molecule has 1 aromatic heterocycles. The fraction of sp³-hybridized carbons (Fsp3) is 0.0556. The number of hydrazine groups is 1. The first kappa shape index (κ1) is 21.1. The molecule has 3 aromatic rings. The summed E-state index contributed by atoms with van der Waals surface area (Å²) in [5, 5.41) is 15.2. The summed E-state index contributed by atoms with van der Waals surface area (Å²) in [4.78, 5) is 31.0. The smallest absolute Gasteiger partial charge is 0.355 e. The van der Waals surface area contributed by atoms with Crippen LogP contribution >= 0.6 is 23.2 Å². The molecule has 0 bridgehead atoms. The van der Waals surface area contributed by atoms with Crippen molar-refractivity contribution in [3.63, 3.8) is 0 Å².